The van der Waals surface area contributed by atoms with Crippen LogP contribution in [0.5, 0.6) is 5.75 Å². The number of benzene rings is 1. The van der Waals surface area contributed by atoms with Gasteiger partial charge in [-0.1, -0.05) is 37.3 Å². The lowest BCUT2D eigenvalue weighted by Crippen LogP contribution is -2.07. The Bertz CT molecular complexity index is 746. The van der Waals surface area contributed by atoms with Crippen molar-refractivity contribution in [3.63, 3.8) is 0 Å². The number of H-pyrrole nitrogens is 1. The van der Waals surface area contributed by atoms with Crippen molar-refractivity contribution < 1.29 is 4.74 Å². The highest BCUT2D eigenvalue weighted by Crippen LogP contribution is 2.37. The van der Waals surface area contributed by atoms with Crippen molar-refractivity contribution in [1.29, 1.82) is 0 Å². The fourth-order valence-corrected chi connectivity index (χ4v) is 2.86. The second kappa shape index (κ2) is 6.22. The van der Waals surface area contributed by atoms with Crippen molar-refractivity contribution in [1.82, 2.24) is 9.97 Å². The van der Waals surface area contributed by atoms with Gasteiger partial charge in [-0.05, 0) is 37.5 Å². The highest BCUT2D eigenvalue weighted by molar-refractivity contribution is 5.87. The zero-order chi connectivity index (χ0) is 15.5. The first-order valence-electron chi connectivity index (χ1n) is 7.67. The highest BCUT2D eigenvalue weighted by atomic mass is 16.5. The van der Waals surface area contributed by atoms with Crippen molar-refractivity contribution in [2.24, 2.45) is 0 Å². The smallest absolute Gasteiger partial charge is 0.141 e. The summed E-state index contributed by atoms with van der Waals surface area (Å²) in [6, 6.07) is 12.4. The average Bonchev–Trinajstić information content (AvgIpc) is 2.94. The number of pyridine rings is 1. The first-order chi connectivity index (χ1) is 10.7. The van der Waals surface area contributed by atoms with Crippen LogP contribution in [0.25, 0.3) is 11.0 Å². The van der Waals surface area contributed by atoms with E-state index in [1.165, 1.54) is 11.1 Å². The molecule has 3 aromatic rings. The number of fused-ring (bicyclic) bond motifs is 1. The zero-order valence-electron chi connectivity index (χ0n) is 13.0. The van der Waals surface area contributed by atoms with Crippen molar-refractivity contribution in [2.75, 3.05) is 0 Å². The van der Waals surface area contributed by atoms with E-state index < -0.39 is 0 Å². The van der Waals surface area contributed by atoms with Crippen LogP contribution in [-0.4, -0.2) is 16.1 Å². The molecule has 1 aromatic carbocycles. The summed E-state index contributed by atoms with van der Waals surface area (Å²) < 4.78 is 5.98. The maximum Gasteiger partial charge on any atom is 0.141 e. The second-order valence-corrected chi connectivity index (χ2v) is 5.70. The molecule has 113 valence electrons. The van der Waals surface area contributed by atoms with Crippen molar-refractivity contribution in [3.8, 4) is 5.75 Å². The molecule has 3 heteroatoms. The maximum absolute atomic E-state index is 5.98. The van der Waals surface area contributed by atoms with Crippen molar-refractivity contribution in [3.05, 3.63) is 66.8 Å². The highest BCUT2D eigenvalue weighted by Gasteiger charge is 2.19. The Kier molecular flexibility index (Phi) is 4.14. The van der Waals surface area contributed by atoms with Gasteiger partial charge in [0.25, 0.3) is 0 Å². The van der Waals surface area contributed by atoms with Crippen LogP contribution < -0.4 is 4.74 Å². The topological polar surface area (TPSA) is 37.9 Å². The maximum atomic E-state index is 5.98. The fraction of sp³-hybridized carbons (Fsp3) is 0.263. The summed E-state index contributed by atoms with van der Waals surface area (Å²) in [4.78, 5) is 7.69. The molecule has 2 heterocycles. The Labute approximate surface area is 131 Å². The van der Waals surface area contributed by atoms with Gasteiger partial charge in [-0.3, -0.25) is 0 Å². The van der Waals surface area contributed by atoms with Gasteiger partial charge in [0, 0.05) is 18.3 Å². The third-order valence-corrected chi connectivity index (χ3v) is 3.79. The van der Waals surface area contributed by atoms with Crippen LogP contribution in [0.2, 0.25) is 0 Å². The molecule has 0 fully saturated rings. The SMILES string of the molecule is [CH2]CC(c1ccccc1)c1c[nH]c2nccc(OC(C)C)c12. The van der Waals surface area contributed by atoms with Gasteiger partial charge in [0.15, 0.2) is 0 Å². The average molecular weight is 293 g/mol. The summed E-state index contributed by atoms with van der Waals surface area (Å²) in [6.45, 7) is 8.21. The molecule has 0 bridgehead atoms. The predicted octanol–water partition coefficient (Wildman–Crippen LogP) is 4.71. The zero-order valence-corrected chi connectivity index (χ0v) is 13.0. The standard InChI is InChI=1S/C19H21N2O/c1-4-15(14-8-6-5-7-9-14)16-12-21-19-18(16)17(10-11-20-19)22-13(2)3/h5-13,15H,1,4H2,2-3H3,(H,20,21). The fourth-order valence-electron chi connectivity index (χ4n) is 2.86. The molecule has 0 amide bonds. The number of ether oxygens (including phenoxy) is 1. The minimum absolute atomic E-state index is 0.128. The first kappa shape index (κ1) is 14.6. The summed E-state index contributed by atoms with van der Waals surface area (Å²) in [5.74, 6) is 1.11. The molecular formula is C19H21N2O. The molecule has 0 saturated heterocycles. The molecule has 1 atom stereocenters. The predicted molar refractivity (Wildman–Crippen MR) is 90.1 cm³/mol. The van der Waals surface area contributed by atoms with Gasteiger partial charge in [-0.2, -0.15) is 0 Å². The minimum atomic E-state index is 0.128. The number of nitrogens with zero attached hydrogens (tertiary/aromatic N) is 1. The van der Waals surface area contributed by atoms with Crippen LogP contribution in [0.15, 0.2) is 48.8 Å². The number of hydrogen-bond acceptors (Lipinski definition) is 2. The molecule has 0 spiro atoms. The monoisotopic (exact) mass is 293 g/mol. The van der Waals surface area contributed by atoms with Crippen LogP contribution in [0.1, 0.15) is 37.3 Å². The number of rotatable bonds is 5. The third-order valence-electron chi connectivity index (χ3n) is 3.79. The molecule has 3 rings (SSSR count). The van der Waals surface area contributed by atoms with Gasteiger partial charge in [-0.25, -0.2) is 4.98 Å². The molecule has 22 heavy (non-hydrogen) atoms. The lowest BCUT2D eigenvalue weighted by Gasteiger charge is -2.17. The molecule has 1 unspecified atom stereocenters. The van der Waals surface area contributed by atoms with E-state index in [2.05, 4.69) is 41.2 Å². The van der Waals surface area contributed by atoms with E-state index in [1.54, 1.807) is 6.20 Å². The number of nitrogens with one attached hydrogen (secondary N) is 1. The number of hydrogen-bond donors (Lipinski definition) is 1. The van der Waals surface area contributed by atoms with E-state index in [0.29, 0.717) is 0 Å². The quantitative estimate of drug-likeness (QED) is 0.740. The summed E-state index contributed by atoms with van der Waals surface area (Å²) in [5.41, 5.74) is 3.32. The van der Waals surface area contributed by atoms with Crippen LogP contribution in [0.3, 0.4) is 0 Å². The lowest BCUT2D eigenvalue weighted by atomic mass is 9.89. The van der Waals surface area contributed by atoms with E-state index >= 15 is 0 Å². The second-order valence-electron chi connectivity index (χ2n) is 5.70. The van der Waals surface area contributed by atoms with Gasteiger partial charge >= 0.3 is 0 Å². The number of aromatic nitrogens is 2. The largest absolute Gasteiger partial charge is 0.490 e. The van der Waals surface area contributed by atoms with Crippen molar-refractivity contribution >= 4 is 11.0 Å². The van der Waals surface area contributed by atoms with Crippen LogP contribution in [-0.2, 0) is 0 Å². The Morgan fingerprint density at radius 2 is 1.95 bits per heavy atom. The molecule has 0 aliphatic heterocycles. The number of aromatic amines is 1. The van der Waals surface area contributed by atoms with Gasteiger partial charge in [0.2, 0.25) is 0 Å². The molecule has 0 aliphatic rings. The minimum Gasteiger partial charge on any atom is -0.490 e. The molecule has 0 aliphatic carbocycles. The Morgan fingerprint density at radius 1 is 1.18 bits per heavy atom. The normalized spacial score (nSPS) is 12.7. The van der Waals surface area contributed by atoms with Crippen LogP contribution in [0, 0.1) is 6.92 Å². The summed E-state index contributed by atoms with van der Waals surface area (Å²) in [5, 5.41) is 1.06. The van der Waals surface area contributed by atoms with Crippen molar-refractivity contribution in [2.45, 2.75) is 32.3 Å². The van der Waals surface area contributed by atoms with Gasteiger partial charge in [0.1, 0.15) is 11.4 Å². The Balaban J connectivity index is 2.13. The summed E-state index contributed by atoms with van der Waals surface area (Å²) in [6.07, 6.45) is 4.73. The summed E-state index contributed by atoms with van der Waals surface area (Å²) in [7, 11) is 0. The summed E-state index contributed by atoms with van der Waals surface area (Å²) >= 11 is 0. The van der Waals surface area contributed by atoms with Gasteiger partial charge in [0.05, 0.1) is 11.5 Å². The van der Waals surface area contributed by atoms with Crippen LogP contribution in [0.4, 0.5) is 0 Å². The van der Waals surface area contributed by atoms with E-state index in [9.17, 15) is 0 Å². The molecule has 2 aromatic heterocycles. The van der Waals surface area contributed by atoms with E-state index in [1.807, 2.05) is 32.2 Å². The molecular weight excluding hydrogens is 272 g/mol. The van der Waals surface area contributed by atoms with E-state index in [-0.39, 0.29) is 12.0 Å². The first-order valence-corrected chi connectivity index (χ1v) is 7.67. The van der Waals surface area contributed by atoms with E-state index in [0.717, 1.165) is 23.2 Å². The van der Waals surface area contributed by atoms with Gasteiger partial charge < -0.3 is 9.72 Å². The van der Waals surface area contributed by atoms with Gasteiger partial charge in [-0.15, -0.1) is 0 Å². The Morgan fingerprint density at radius 3 is 2.64 bits per heavy atom. The molecule has 0 saturated carbocycles. The molecule has 1 radical (unpaired) electrons. The van der Waals surface area contributed by atoms with E-state index in [4.69, 9.17) is 4.74 Å². The molecule has 3 nitrogen and oxygen atoms in total. The Hall–Kier alpha value is -2.29. The molecule has 1 N–H and O–H groups in total. The lowest BCUT2D eigenvalue weighted by molar-refractivity contribution is 0.245. The third kappa shape index (κ3) is 2.71. The van der Waals surface area contributed by atoms with Crippen LogP contribution >= 0.6 is 0 Å².